The van der Waals surface area contributed by atoms with Crippen LogP contribution in [0.5, 0.6) is 0 Å². The van der Waals surface area contributed by atoms with Gasteiger partial charge in [-0.2, -0.15) is 0 Å². The zero-order valence-electron chi connectivity index (χ0n) is 9.22. The first-order chi connectivity index (χ1) is 7.39. The van der Waals surface area contributed by atoms with Gasteiger partial charge in [-0.3, -0.25) is 4.79 Å². The second kappa shape index (κ2) is 4.42. The van der Waals surface area contributed by atoms with Crippen LogP contribution in [0.3, 0.4) is 0 Å². The summed E-state index contributed by atoms with van der Waals surface area (Å²) in [5.41, 5.74) is 1.03. The van der Waals surface area contributed by atoms with E-state index in [0.717, 1.165) is 32.6 Å². The molecule has 1 aromatic heterocycles. The molecule has 1 amide bonds. The first-order valence-electron chi connectivity index (χ1n) is 5.13. The summed E-state index contributed by atoms with van der Waals surface area (Å²) in [4.78, 5) is 14.2. The Bertz CT molecular complexity index is 428. The first kappa shape index (κ1) is 12.6. The van der Waals surface area contributed by atoms with Crippen LogP contribution in [0.15, 0.2) is 13.6 Å². The Labute approximate surface area is 116 Å². The van der Waals surface area contributed by atoms with Crippen molar-refractivity contribution in [3.8, 4) is 0 Å². The van der Waals surface area contributed by atoms with E-state index in [-0.39, 0.29) is 11.3 Å². The number of carbonyl (C=O) groups is 1. The van der Waals surface area contributed by atoms with E-state index in [2.05, 4.69) is 45.7 Å². The highest BCUT2D eigenvalue weighted by atomic mass is 79.9. The number of nitrogens with zero attached hydrogens (tertiary/aromatic N) is 1. The van der Waals surface area contributed by atoms with Crippen LogP contribution in [0.25, 0.3) is 0 Å². The minimum atomic E-state index is 0.138. The fraction of sp³-hybridized carbons (Fsp3) is 0.545. The van der Waals surface area contributed by atoms with Crippen LogP contribution in [-0.4, -0.2) is 23.9 Å². The number of hydrogen-bond donors (Lipinski definition) is 0. The van der Waals surface area contributed by atoms with Crippen LogP contribution < -0.4 is 0 Å². The third-order valence-corrected chi connectivity index (χ3v) is 5.19. The van der Waals surface area contributed by atoms with Gasteiger partial charge in [0.15, 0.2) is 0 Å². The molecule has 1 aromatic rings. The molecule has 0 aliphatic carbocycles. The molecule has 0 bridgehead atoms. The summed E-state index contributed by atoms with van der Waals surface area (Å²) in [6, 6.07) is 1.89. The average molecular weight is 367 g/mol. The number of hydrogen-bond acceptors (Lipinski definition) is 2. The summed E-state index contributed by atoms with van der Waals surface area (Å²) in [6.45, 7) is 6.13. The smallest absolute Gasteiger partial charge is 0.255 e. The van der Waals surface area contributed by atoms with E-state index in [1.54, 1.807) is 11.3 Å². The van der Waals surface area contributed by atoms with Crippen LogP contribution in [0.2, 0.25) is 0 Å². The van der Waals surface area contributed by atoms with Gasteiger partial charge in [-0.15, -0.1) is 11.3 Å². The maximum atomic E-state index is 12.3. The number of amides is 1. The van der Waals surface area contributed by atoms with Gasteiger partial charge in [-0.05, 0) is 49.8 Å². The molecule has 1 saturated heterocycles. The summed E-state index contributed by atoms with van der Waals surface area (Å²) >= 11 is 8.38. The fourth-order valence-electron chi connectivity index (χ4n) is 1.94. The molecule has 1 fully saturated rings. The lowest BCUT2D eigenvalue weighted by Crippen LogP contribution is -2.30. The van der Waals surface area contributed by atoms with Gasteiger partial charge in [0.1, 0.15) is 0 Å². The van der Waals surface area contributed by atoms with Gasteiger partial charge in [0.05, 0.1) is 13.1 Å². The quantitative estimate of drug-likeness (QED) is 0.731. The number of carbonyl (C=O) groups excluding carboxylic acids is 1. The monoisotopic (exact) mass is 365 g/mol. The lowest BCUT2D eigenvalue weighted by molar-refractivity contribution is 0.0778. The summed E-state index contributed by atoms with van der Waals surface area (Å²) in [5.74, 6) is 0.138. The molecule has 1 aliphatic heterocycles. The molecule has 2 nitrogen and oxygen atoms in total. The summed E-state index contributed by atoms with van der Waals surface area (Å²) in [5, 5.41) is 0. The molecular formula is C11H13Br2NOS. The van der Waals surface area contributed by atoms with E-state index in [9.17, 15) is 4.79 Å². The van der Waals surface area contributed by atoms with Gasteiger partial charge in [0.2, 0.25) is 0 Å². The predicted octanol–water partition coefficient (Wildman–Crippen LogP) is 4.15. The molecule has 1 aliphatic rings. The summed E-state index contributed by atoms with van der Waals surface area (Å²) in [7, 11) is 0. The van der Waals surface area contributed by atoms with Crippen molar-refractivity contribution in [2.45, 2.75) is 20.3 Å². The van der Waals surface area contributed by atoms with E-state index in [0.29, 0.717) is 0 Å². The normalized spacial score (nSPS) is 19.1. The number of rotatable bonds is 1. The Hall–Kier alpha value is 0.130. The molecule has 2 rings (SSSR count). The maximum absolute atomic E-state index is 12.3. The zero-order chi connectivity index (χ0) is 11.9. The molecule has 16 heavy (non-hydrogen) atoms. The molecule has 2 heterocycles. The Balaban J connectivity index is 2.18. The molecule has 5 heteroatoms. The molecule has 0 atom stereocenters. The molecule has 0 radical (unpaired) electrons. The van der Waals surface area contributed by atoms with Gasteiger partial charge in [-0.1, -0.05) is 13.8 Å². The van der Waals surface area contributed by atoms with Crippen molar-refractivity contribution in [1.29, 1.82) is 0 Å². The number of thiophene rings is 1. The minimum absolute atomic E-state index is 0.138. The van der Waals surface area contributed by atoms with E-state index in [1.165, 1.54) is 0 Å². The van der Waals surface area contributed by atoms with Crippen LogP contribution in [0, 0.1) is 5.41 Å². The predicted molar refractivity (Wildman–Crippen MR) is 74.0 cm³/mol. The van der Waals surface area contributed by atoms with Gasteiger partial charge in [0.25, 0.3) is 5.91 Å². The highest BCUT2D eigenvalue weighted by Crippen LogP contribution is 2.35. The van der Waals surface area contributed by atoms with E-state index in [1.807, 2.05) is 11.0 Å². The van der Waals surface area contributed by atoms with Gasteiger partial charge in [0, 0.05) is 13.1 Å². The number of halogens is 2. The molecule has 0 unspecified atom stereocenters. The van der Waals surface area contributed by atoms with Crippen LogP contribution >= 0.6 is 43.2 Å². The molecule has 0 aromatic carbocycles. The van der Waals surface area contributed by atoms with Crippen molar-refractivity contribution >= 4 is 49.1 Å². The van der Waals surface area contributed by atoms with Crippen molar-refractivity contribution in [2.24, 2.45) is 5.41 Å². The van der Waals surface area contributed by atoms with Crippen molar-refractivity contribution in [3.05, 3.63) is 19.2 Å². The highest BCUT2D eigenvalue weighted by Gasteiger charge is 2.33. The van der Waals surface area contributed by atoms with Crippen molar-refractivity contribution in [1.82, 2.24) is 4.90 Å². The van der Waals surface area contributed by atoms with E-state index >= 15 is 0 Å². The second-order valence-electron chi connectivity index (χ2n) is 4.88. The minimum Gasteiger partial charge on any atom is -0.338 e. The van der Waals surface area contributed by atoms with Gasteiger partial charge >= 0.3 is 0 Å². The van der Waals surface area contributed by atoms with Crippen molar-refractivity contribution in [3.63, 3.8) is 0 Å². The summed E-state index contributed by atoms with van der Waals surface area (Å²) in [6.07, 6.45) is 1.08. The fourth-order valence-corrected chi connectivity index (χ4v) is 4.72. The molecule has 88 valence electrons. The van der Waals surface area contributed by atoms with Crippen LogP contribution in [0.4, 0.5) is 0 Å². The highest BCUT2D eigenvalue weighted by molar-refractivity contribution is 9.12. The third-order valence-electron chi connectivity index (χ3n) is 2.85. The zero-order valence-corrected chi connectivity index (χ0v) is 13.2. The number of likely N-dealkylation sites (tertiary alicyclic amines) is 1. The van der Waals surface area contributed by atoms with Gasteiger partial charge < -0.3 is 4.90 Å². The Morgan fingerprint density at radius 1 is 1.50 bits per heavy atom. The van der Waals surface area contributed by atoms with Crippen LogP contribution in [-0.2, 0) is 0 Å². The average Bonchev–Trinajstić information content (AvgIpc) is 2.68. The Morgan fingerprint density at radius 2 is 2.19 bits per heavy atom. The topological polar surface area (TPSA) is 20.3 Å². The third kappa shape index (κ3) is 2.51. The SMILES string of the molecule is CC1(C)CCN(C(=O)c2cc(Br)sc2Br)C1. The Morgan fingerprint density at radius 3 is 2.62 bits per heavy atom. The lowest BCUT2D eigenvalue weighted by atomic mass is 9.93. The standard InChI is InChI=1S/C11H13Br2NOS/c1-11(2)3-4-14(6-11)10(15)7-5-8(12)16-9(7)13/h5H,3-4,6H2,1-2H3. The summed E-state index contributed by atoms with van der Waals surface area (Å²) < 4.78 is 1.90. The van der Waals surface area contributed by atoms with E-state index < -0.39 is 0 Å². The van der Waals surface area contributed by atoms with Gasteiger partial charge in [-0.25, -0.2) is 0 Å². The molecule has 0 spiro atoms. The Kier molecular flexibility index (Phi) is 3.48. The first-order valence-corrected chi connectivity index (χ1v) is 7.53. The second-order valence-corrected chi connectivity index (χ2v) is 8.63. The maximum Gasteiger partial charge on any atom is 0.255 e. The molecule has 0 N–H and O–H groups in total. The molecular weight excluding hydrogens is 354 g/mol. The van der Waals surface area contributed by atoms with Crippen LogP contribution in [0.1, 0.15) is 30.6 Å². The largest absolute Gasteiger partial charge is 0.338 e. The molecule has 0 saturated carbocycles. The van der Waals surface area contributed by atoms with Crippen molar-refractivity contribution in [2.75, 3.05) is 13.1 Å². The lowest BCUT2D eigenvalue weighted by Gasteiger charge is -2.19. The van der Waals surface area contributed by atoms with E-state index in [4.69, 9.17) is 0 Å². The van der Waals surface area contributed by atoms with Crippen molar-refractivity contribution < 1.29 is 4.79 Å².